The number of aromatic nitrogens is 1. The van der Waals surface area contributed by atoms with Gasteiger partial charge in [0, 0.05) is 18.4 Å². The van der Waals surface area contributed by atoms with E-state index in [0.717, 1.165) is 30.4 Å². The van der Waals surface area contributed by atoms with Crippen molar-refractivity contribution in [3.05, 3.63) is 63.2 Å². The molecule has 36 heavy (non-hydrogen) atoms. The van der Waals surface area contributed by atoms with Gasteiger partial charge in [-0.05, 0) is 105 Å². The van der Waals surface area contributed by atoms with Gasteiger partial charge in [-0.25, -0.2) is 13.2 Å². The van der Waals surface area contributed by atoms with Gasteiger partial charge in [0.1, 0.15) is 12.0 Å². The molecule has 0 fully saturated rings. The molecule has 3 nitrogen and oxygen atoms in total. The van der Waals surface area contributed by atoms with Gasteiger partial charge in [-0.15, -0.1) is 0 Å². The first-order valence-electron chi connectivity index (χ1n) is 13.5. The van der Waals surface area contributed by atoms with Crippen LogP contribution < -0.4 is 5.32 Å². The second-order valence-electron chi connectivity index (χ2n) is 10.2. The van der Waals surface area contributed by atoms with Crippen molar-refractivity contribution in [3.8, 4) is 0 Å². The van der Waals surface area contributed by atoms with Crippen molar-refractivity contribution in [1.82, 2.24) is 9.88 Å². The van der Waals surface area contributed by atoms with Crippen molar-refractivity contribution in [3.63, 3.8) is 0 Å². The highest BCUT2D eigenvalue weighted by Gasteiger charge is 2.27. The number of hydrogen-bond acceptors (Lipinski definition) is 2. The first-order chi connectivity index (χ1) is 17.1. The molecule has 2 heterocycles. The van der Waals surface area contributed by atoms with E-state index in [4.69, 9.17) is 4.74 Å². The number of halogens is 3. The normalized spacial score (nSPS) is 17.1. The third-order valence-corrected chi connectivity index (χ3v) is 7.85. The second-order valence-corrected chi connectivity index (χ2v) is 10.2. The first-order valence-corrected chi connectivity index (χ1v) is 13.5. The summed E-state index contributed by atoms with van der Waals surface area (Å²) in [6, 6.07) is 3.55. The molecule has 2 aromatic rings. The Labute approximate surface area is 215 Å². The highest BCUT2D eigenvalue weighted by Crippen LogP contribution is 2.36. The Kier molecular flexibility index (Phi) is 9.87. The fourth-order valence-corrected chi connectivity index (χ4v) is 5.31. The Bertz CT molecular complexity index is 1070. The number of ether oxygens (including phenoxy) is 1. The molecule has 1 aromatic heterocycles. The number of alkyl halides is 2. The van der Waals surface area contributed by atoms with E-state index in [1.165, 1.54) is 28.5 Å². The van der Waals surface area contributed by atoms with E-state index in [9.17, 15) is 13.2 Å². The second kappa shape index (κ2) is 12.5. The summed E-state index contributed by atoms with van der Waals surface area (Å²) in [5, 5.41) is 3.26. The van der Waals surface area contributed by atoms with Crippen molar-refractivity contribution in [2.75, 3.05) is 6.54 Å². The summed E-state index contributed by atoms with van der Waals surface area (Å²) in [4.78, 5) is 0. The van der Waals surface area contributed by atoms with Gasteiger partial charge in [-0.3, -0.25) is 0 Å². The lowest BCUT2D eigenvalue weighted by atomic mass is 9.90. The number of benzene rings is 1. The van der Waals surface area contributed by atoms with Crippen LogP contribution in [0.3, 0.4) is 0 Å². The van der Waals surface area contributed by atoms with E-state index >= 15 is 0 Å². The number of hydrogen-bond donors (Lipinski definition) is 1. The van der Waals surface area contributed by atoms with Gasteiger partial charge in [-0.1, -0.05) is 33.3 Å². The van der Waals surface area contributed by atoms with Crippen LogP contribution in [0.25, 0.3) is 5.57 Å². The Morgan fingerprint density at radius 2 is 1.83 bits per heavy atom. The van der Waals surface area contributed by atoms with Crippen molar-refractivity contribution < 1.29 is 17.9 Å². The van der Waals surface area contributed by atoms with Crippen LogP contribution in [0.1, 0.15) is 120 Å². The van der Waals surface area contributed by atoms with Crippen molar-refractivity contribution in [2.45, 2.75) is 112 Å². The van der Waals surface area contributed by atoms with Gasteiger partial charge in [0.2, 0.25) is 0 Å². The van der Waals surface area contributed by atoms with E-state index in [2.05, 4.69) is 63.7 Å². The third kappa shape index (κ3) is 5.91. The lowest BCUT2D eigenvalue weighted by molar-refractivity contribution is -0.0486. The lowest BCUT2D eigenvalue weighted by Crippen LogP contribution is -2.28. The lowest BCUT2D eigenvalue weighted by Gasteiger charge is -2.29. The van der Waals surface area contributed by atoms with Crippen LogP contribution >= 0.6 is 0 Å². The van der Waals surface area contributed by atoms with Gasteiger partial charge in [0.25, 0.3) is 6.43 Å². The zero-order valence-electron chi connectivity index (χ0n) is 23.0. The summed E-state index contributed by atoms with van der Waals surface area (Å²) in [6.45, 7) is 16.2. The van der Waals surface area contributed by atoms with Gasteiger partial charge in [0.05, 0.1) is 11.7 Å². The van der Waals surface area contributed by atoms with Crippen LogP contribution in [-0.2, 0) is 24.1 Å². The summed E-state index contributed by atoms with van der Waals surface area (Å²) in [5.41, 5.74) is 6.76. The van der Waals surface area contributed by atoms with E-state index in [0.29, 0.717) is 37.4 Å². The molecule has 3 unspecified atom stereocenters. The monoisotopic (exact) mass is 504 g/mol. The third-order valence-electron chi connectivity index (χ3n) is 7.85. The van der Waals surface area contributed by atoms with E-state index in [1.807, 2.05) is 6.92 Å². The minimum absolute atomic E-state index is 0.170. The Morgan fingerprint density at radius 3 is 2.44 bits per heavy atom. The molecule has 1 N–H and O–H groups in total. The maximum Gasteiger partial charge on any atom is 0.266 e. The molecule has 0 saturated heterocycles. The Balaban J connectivity index is 1.92. The molecule has 1 aliphatic heterocycles. The smallest absolute Gasteiger partial charge is 0.266 e. The maximum atomic E-state index is 14.8. The Hall–Kier alpha value is -2.05. The SMILES string of the molecule is CC/C(C)=C(\C)c1ccn(C(CC)OC(C)Cc2cc(C(F)F)c(F)c3c2CNCC3)c1C(C)CC. The number of allylic oxidation sites excluding steroid dienone is 2. The molecule has 1 aromatic carbocycles. The molecular formula is C30H43F3N2O. The minimum atomic E-state index is -2.83. The predicted octanol–water partition coefficient (Wildman–Crippen LogP) is 8.48. The first kappa shape index (κ1) is 28.5. The van der Waals surface area contributed by atoms with Gasteiger partial charge < -0.3 is 14.6 Å². The zero-order chi connectivity index (χ0) is 26.6. The molecule has 0 amide bonds. The van der Waals surface area contributed by atoms with Crippen LogP contribution in [0.15, 0.2) is 23.9 Å². The van der Waals surface area contributed by atoms with Crippen LogP contribution in [0.5, 0.6) is 0 Å². The zero-order valence-corrected chi connectivity index (χ0v) is 23.0. The Morgan fingerprint density at radius 1 is 1.11 bits per heavy atom. The highest BCUT2D eigenvalue weighted by atomic mass is 19.3. The molecule has 0 spiro atoms. The van der Waals surface area contributed by atoms with Gasteiger partial charge in [0.15, 0.2) is 0 Å². The fraction of sp³-hybridized carbons (Fsp3) is 0.600. The molecule has 3 atom stereocenters. The average Bonchev–Trinajstić information content (AvgIpc) is 3.32. The van der Waals surface area contributed by atoms with E-state index in [-0.39, 0.29) is 12.3 Å². The van der Waals surface area contributed by atoms with Crippen molar-refractivity contribution in [2.24, 2.45) is 0 Å². The van der Waals surface area contributed by atoms with Crippen LogP contribution in [0, 0.1) is 5.82 Å². The standard InChI is InChI=1S/C30H43F3N2O/c1-8-18(4)21(7)23-12-14-35(29(23)19(5)9-2)27(10-3)36-20(6)15-22-16-25(30(32)33)28(31)24-11-13-34-17-26(22)24/h12,14,16,19-20,27,30,34H,8-11,13,15,17H2,1-7H3/b21-18+. The molecule has 0 bridgehead atoms. The van der Waals surface area contributed by atoms with Crippen molar-refractivity contribution >= 4 is 5.57 Å². The van der Waals surface area contributed by atoms with Crippen LogP contribution in [0.2, 0.25) is 0 Å². The molecule has 0 saturated carbocycles. The van der Waals surface area contributed by atoms with E-state index < -0.39 is 17.8 Å². The molecular weight excluding hydrogens is 461 g/mol. The minimum Gasteiger partial charge on any atom is -0.355 e. The predicted molar refractivity (Wildman–Crippen MR) is 142 cm³/mol. The number of nitrogens with one attached hydrogen (secondary N) is 1. The molecule has 6 heteroatoms. The van der Waals surface area contributed by atoms with Crippen LogP contribution in [-0.4, -0.2) is 17.2 Å². The summed E-state index contributed by atoms with van der Waals surface area (Å²) < 4.78 is 50.8. The maximum absolute atomic E-state index is 14.8. The summed E-state index contributed by atoms with van der Waals surface area (Å²) in [7, 11) is 0. The molecule has 0 aliphatic carbocycles. The molecule has 3 rings (SSSR count). The number of rotatable bonds is 11. The number of fused-ring (bicyclic) bond motifs is 1. The van der Waals surface area contributed by atoms with Crippen LogP contribution in [0.4, 0.5) is 13.2 Å². The summed E-state index contributed by atoms with van der Waals surface area (Å²) in [6.07, 6.45) is 2.61. The number of nitrogens with zero attached hydrogens (tertiary/aromatic N) is 1. The topological polar surface area (TPSA) is 26.2 Å². The van der Waals surface area contributed by atoms with Gasteiger partial charge in [-0.2, -0.15) is 0 Å². The van der Waals surface area contributed by atoms with Gasteiger partial charge >= 0.3 is 0 Å². The largest absolute Gasteiger partial charge is 0.355 e. The summed E-state index contributed by atoms with van der Waals surface area (Å²) >= 11 is 0. The highest BCUT2D eigenvalue weighted by molar-refractivity contribution is 5.69. The molecule has 0 radical (unpaired) electrons. The summed E-state index contributed by atoms with van der Waals surface area (Å²) in [5.74, 6) is -0.375. The molecule has 1 aliphatic rings. The molecule has 200 valence electrons. The fourth-order valence-electron chi connectivity index (χ4n) is 5.31. The quantitative estimate of drug-likeness (QED) is 0.332. The van der Waals surface area contributed by atoms with Crippen molar-refractivity contribution in [1.29, 1.82) is 0 Å². The van der Waals surface area contributed by atoms with E-state index in [1.54, 1.807) is 0 Å². The average molecular weight is 505 g/mol.